The largest absolute Gasteiger partial charge is 0.381 e. The van der Waals surface area contributed by atoms with E-state index in [9.17, 15) is 10.1 Å². The summed E-state index contributed by atoms with van der Waals surface area (Å²) in [5.74, 6) is 0.861. The van der Waals surface area contributed by atoms with Crippen molar-refractivity contribution in [3.63, 3.8) is 0 Å². The number of anilines is 1. The molecule has 1 N–H and O–H groups in total. The van der Waals surface area contributed by atoms with E-state index in [1.165, 1.54) is 4.68 Å². The number of aromatic nitrogens is 3. The van der Waals surface area contributed by atoms with Crippen molar-refractivity contribution in [2.75, 3.05) is 25.1 Å². The zero-order chi connectivity index (χ0) is 18.6. The van der Waals surface area contributed by atoms with Crippen molar-refractivity contribution < 1.29 is 9.53 Å². The quantitative estimate of drug-likeness (QED) is 0.900. The Hall–Kier alpha value is -2.92. The summed E-state index contributed by atoms with van der Waals surface area (Å²) < 4.78 is 7.11. The summed E-state index contributed by atoms with van der Waals surface area (Å²) >= 11 is 0. The van der Waals surface area contributed by atoms with Crippen LogP contribution >= 0.6 is 0 Å². The van der Waals surface area contributed by atoms with Crippen LogP contribution in [0.4, 0.5) is 10.5 Å². The van der Waals surface area contributed by atoms with Crippen LogP contribution in [0.3, 0.4) is 0 Å². The molecule has 0 radical (unpaired) electrons. The lowest BCUT2D eigenvalue weighted by atomic mass is 9.92. The van der Waals surface area contributed by atoms with Crippen LogP contribution < -0.4 is 5.32 Å². The van der Waals surface area contributed by atoms with Crippen LogP contribution in [0.15, 0.2) is 30.7 Å². The van der Waals surface area contributed by atoms with Gasteiger partial charge in [0.15, 0.2) is 5.82 Å². The highest BCUT2D eigenvalue weighted by molar-refractivity contribution is 5.89. The summed E-state index contributed by atoms with van der Waals surface area (Å²) in [7, 11) is 0. The number of hydrogen-bond donors (Lipinski definition) is 1. The van der Waals surface area contributed by atoms with Crippen LogP contribution in [-0.4, -0.2) is 51.5 Å². The van der Waals surface area contributed by atoms with E-state index in [1.807, 2.05) is 4.90 Å². The molecule has 0 saturated carbocycles. The third-order valence-corrected chi connectivity index (χ3v) is 5.26. The number of nitrogens with zero attached hydrogens (tertiary/aromatic N) is 5. The maximum Gasteiger partial charge on any atom is 0.322 e. The molecule has 4 heterocycles. The first kappa shape index (κ1) is 17.5. The first-order valence-corrected chi connectivity index (χ1v) is 9.32. The van der Waals surface area contributed by atoms with Crippen LogP contribution in [0.2, 0.25) is 0 Å². The third kappa shape index (κ3) is 3.64. The second-order valence-corrected chi connectivity index (χ2v) is 6.97. The maximum absolute atomic E-state index is 12.8. The first-order chi connectivity index (χ1) is 13.3. The highest BCUT2D eigenvalue weighted by Gasteiger charge is 2.35. The summed E-state index contributed by atoms with van der Waals surface area (Å²) in [5.41, 5.74) is 1.01. The Bertz CT molecular complexity index is 852. The molecule has 2 aromatic heterocycles. The molecule has 2 amide bonds. The van der Waals surface area contributed by atoms with E-state index in [4.69, 9.17) is 4.74 Å². The number of pyridine rings is 1. The van der Waals surface area contributed by atoms with Gasteiger partial charge in [0.1, 0.15) is 6.07 Å². The van der Waals surface area contributed by atoms with Gasteiger partial charge in [0, 0.05) is 31.3 Å². The van der Waals surface area contributed by atoms with Gasteiger partial charge in [0.2, 0.25) is 0 Å². The zero-order valence-corrected chi connectivity index (χ0v) is 15.0. The monoisotopic (exact) mass is 366 g/mol. The number of urea groups is 1. The number of likely N-dealkylation sites (tertiary alicyclic amines) is 1. The molecule has 8 heteroatoms. The predicted molar refractivity (Wildman–Crippen MR) is 98.4 cm³/mol. The minimum Gasteiger partial charge on any atom is -0.381 e. The van der Waals surface area contributed by atoms with E-state index < -0.39 is 0 Å². The molecule has 0 aromatic carbocycles. The van der Waals surface area contributed by atoms with E-state index in [1.54, 1.807) is 30.7 Å². The van der Waals surface area contributed by atoms with Gasteiger partial charge in [-0.15, -0.1) is 0 Å². The summed E-state index contributed by atoms with van der Waals surface area (Å²) in [5, 5.41) is 16.4. The molecule has 2 aromatic rings. The Balaban J connectivity index is 1.45. The van der Waals surface area contributed by atoms with E-state index in [0.29, 0.717) is 23.0 Å². The van der Waals surface area contributed by atoms with Gasteiger partial charge in [-0.25, -0.2) is 14.5 Å². The van der Waals surface area contributed by atoms with Crippen LogP contribution in [0.25, 0.3) is 5.82 Å². The van der Waals surface area contributed by atoms with E-state index in [0.717, 1.165) is 45.4 Å². The van der Waals surface area contributed by atoms with Crippen LogP contribution in [0, 0.1) is 17.2 Å². The normalized spacial score (nSPS) is 22.4. The lowest BCUT2D eigenvalue weighted by molar-refractivity contribution is 0.0274. The molecule has 2 fully saturated rings. The maximum atomic E-state index is 12.8. The summed E-state index contributed by atoms with van der Waals surface area (Å²) in [6.07, 6.45) is 9.08. The minimum absolute atomic E-state index is 0.107. The van der Waals surface area contributed by atoms with Gasteiger partial charge in [0.05, 0.1) is 30.3 Å². The van der Waals surface area contributed by atoms with Gasteiger partial charge in [-0.3, -0.25) is 0 Å². The lowest BCUT2D eigenvalue weighted by Gasteiger charge is -2.33. The van der Waals surface area contributed by atoms with Crippen molar-refractivity contribution >= 4 is 11.7 Å². The number of amides is 2. The number of nitriles is 1. The van der Waals surface area contributed by atoms with Crippen molar-refractivity contribution in [3.8, 4) is 11.9 Å². The molecule has 2 unspecified atom stereocenters. The van der Waals surface area contributed by atoms with Crippen molar-refractivity contribution in [2.45, 2.75) is 31.7 Å². The lowest BCUT2D eigenvalue weighted by Crippen LogP contribution is -2.44. The predicted octanol–water partition coefficient (Wildman–Crippen LogP) is 2.56. The molecule has 2 saturated heterocycles. The molecular formula is C19H22N6O2. The smallest absolute Gasteiger partial charge is 0.322 e. The standard InChI is InChI=1S/C19H22N6O2/c20-10-14-4-1-7-21-18(14)25-12-16(11-22-25)23-19(26)24-8-2-6-17(24)15-5-3-9-27-13-15/h1,4,7,11-12,15,17H,2-3,5-6,8-9,13H2,(H,23,26). The number of nitrogens with one attached hydrogen (secondary N) is 1. The first-order valence-electron chi connectivity index (χ1n) is 9.32. The molecule has 140 valence electrons. The minimum atomic E-state index is -0.107. The molecule has 0 aliphatic carbocycles. The molecule has 8 nitrogen and oxygen atoms in total. The summed E-state index contributed by atoms with van der Waals surface area (Å²) in [4.78, 5) is 18.9. The number of ether oxygens (including phenoxy) is 1. The van der Waals surface area contributed by atoms with Crippen LogP contribution in [0.1, 0.15) is 31.2 Å². The zero-order valence-electron chi connectivity index (χ0n) is 15.0. The SMILES string of the molecule is N#Cc1cccnc1-n1cc(NC(=O)N2CCCC2C2CCCOC2)cn1. The van der Waals surface area contributed by atoms with Gasteiger partial charge in [-0.1, -0.05) is 0 Å². The van der Waals surface area contributed by atoms with Crippen molar-refractivity contribution in [1.29, 1.82) is 5.26 Å². The molecule has 4 rings (SSSR count). The van der Waals surface area contributed by atoms with Gasteiger partial charge in [-0.05, 0) is 37.8 Å². The van der Waals surface area contributed by atoms with Crippen molar-refractivity contribution in [1.82, 2.24) is 19.7 Å². The second kappa shape index (κ2) is 7.76. The Morgan fingerprint density at radius 3 is 3.11 bits per heavy atom. The molecule has 2 aliphatic heterocycles. The average Bonchev–Trinajstić information content (AvgIpc) is 3.38. The fraction of sp³-hybridized carbons (Fsp3) is 0.474. The van der Waals surface area contributed by atoms with E-state index in [2.05, 4.69) is 21.5 Å². The Kier molecular flexibility index (Phi) is 5.03. The van der Waals surface area contributed by atoms with Crippen LogP contribution in [0.5, 0.6) is 0 Å². The fourth-order valence-corrected chi connectivity index (χ4v) is 3.97. The highest BCUT2D eigenvalue weighted by atomic mass is 16.5. The Morgan fingerprint density at radius 2 is 2.30 bits per heavy atom. The number of rotatable bonds is 3. The third-order valence-electron chi connectivity index (χ3n) is 5.26. The van der Waals surface area contributed by atoms with Gasteiger partial charge in [-0.2, -0.15) is 10.4 Å². The molecular weight excluding hydrogens is 344 g/mol. The van der Waals surface area contributed by atoms with Gasteiger partial charge in [0.25, 0.3) is 0 Å². The molecule has 2 aliphatic rings. The fourth-order valence-electron chi connectivity index (χ4n) is 3.97. The van der Waals surface area contributed by atoms with Gasteiger partial charge >= 0.3 is 6.03 Å². The van der Waals surface area contributed by atoms with Gasteiger partial charge < -0.3 is 15.0 Å². The molecule has 27 heavy (non-hydrogen) atoms. The molecule has 0 spiro atoms. The number of carbonyl (C=O) groups excluding carboxylic acids is 1. The summed E-state index contributed by atoms with van der Waals surface area (Å²) in [6.45, 7) is 2.33. The van der Waals surface area contributed by atoms with Crippen molar-refractivity contribution in [2.24, 2.45) is 5.92 Å². The number of carbonyl (C=O) groups is 1. The van der Waals surface area contributed by atoms with E-state index in [-0.39, 0.29) is 12.1 Å². The topological polar surface area (TPSA) is 96.1 Å². The van der Waals surface area contributed by atoms with E-state index >= 15 is 0 Å². The summed E-state index contributed by atoms with van der Waals surface area (Å²) in [6, 6.07) is 5.62. The van der Waals surface area contributed by atoms with Crippen molar-refractivity contribution in [3.05, 3.63) is 36.3 Å². The second-order valence-electron chi connectivity index (χ2n) is 6.97. The Morgan fingerprint density at radius 1 is 1.37 bits per heavy atom. The highest BCUT2D eigenvalue weighted by Crippen LogP contribution is 2.30. The Labute approximate surface area is 157 Å². The molecule has 0 bridgehead atoms. The molecule has 2 atom stereocenters. The number of hydrogen-bond acceptors (Lipinski definition) is 5. The van der Waals surface area contributed by atoms with Crippen LogP contribution in [-0.2, 0) is 4.74 Å². The average molecular weight is 366 g/mol.